The van der Waals surface area contributed by atoms with Gasteiger partial charge in [0.05, 0.1) is 6.61 Å². The third-order valence-corrected chi connectivity index (χ3v) is 2.72. The molecular formula is C10H17NOS. The molecule has 0 aromatic carbocycles. The van der Waals surface area contributed by atoms with Crippen molar-refractivity contribution in [2.45, 2.75) is 12.8 Å². The lowest BCUT2D eigenvalue weighted by Gasteiger charge is -2.02. The normalized spacial score (nSPS) is 10.5. The van der Waals surface area contributed by atoms with Crippen molar-refractivity contribution in [3.63, 3.8) is 0 Å². The van der Waals surface area contributed by atoms with Crippen LogP contribution >= 0.6 is 11.3 Å². The van der Waals surface area contributed by atoms with Crippen molar-refractivity contribution >= 4 is 11.3 Å². The zero-order chi connectivity index (χ0) is 9.36. The van der Waals surface area contributed by atoms with E-state index in [-0.39, 0.29) is 0 Å². The maximum atomic E-state index is 5.48. The van der Waals surface area contributed by atoms with Crippen molar-refractivity contribution in [2.75, 3.05) is 26.8 Å². The number of hydrogen-bond donors (Lipinski definition) is 1. The third-order valence-electron chi connectivity index (χ3n) is 1.79. The number of rotatable bonds is 7. The van der Waals surface area contributed by atoms with E-state index in [2.05, 4.69) is 22.8 Å². The van der Waals surface area contributed by atoms with Crippen molar-refractivity contribution in [2.24, 2.45) is 0 Å². The van der Waals surface area contributed by atoms with E-state index in [0.29, 0.717) is 0 Å². The fourth-order valence-corrected chi connectivity index (χ4v) is 1.77. The smallest absolute Gasteiger partial charge is 0.0514 e. The molecule has 1 heterocycles. The predicted octanol–water partition coefficient (Wildman–Crippen LogP) is 1.92. The summed E-state index contributed by atoms with van der Waals surface area (Å²) >= 11 is 1.80. The molecule has 0 radical (unpaired) electrons. The highest BCUT2D eigenvalue weighted by atomic mass is 32.1. The van der Waals surface area contributed by atoms with Crippen LogP contribution in [0.25, 0.3) is 0 Å². The molecule has 0 saturated heterocycles. The second-order valence-electron chi connectivity index (χ2n) is 2.90. The Morgan fingerprint density at radius 3 is 3.08 bits per heavy atom. The van der Waals surface area contributed by atoms with Crippen LogP contribution in [0.2, 0.25) is 0 Å². The molecule has 74 valence electrons. The first kappa shape index (κ1) is 10.7. The maximum absolute atomic E-state index is 5.48. The van der Waals surface area contributed by atoms with Crippen molar-refractivity contribution in [1.82, 2.24) is 5.32 Å². The van der Waals surface area contributed by atoms with E-state index < -0.39 is 0 Å². The van der Waals surface area contributed by atoms with E-state index in [1.165, 1.54) is 4.88 Å². The third kappa shape index (κ3) is 5.03. The van der Waals surface area contributed by atoms with Gasteiger partial charge in [0.15, 0.2) is 0 Å². The van der Waals surface area contributed by atoms with Gasteiger partial charge in [-0.3, -0.25) is 0 Å². The molecule has 0 spiro atoms. The Bertz CT molecular complexity index is 199. The Hall–Kier alpha value is -0.380. The minimum Gasteiger partial charge on any atom is -0.381 e. The molecule has 2 nitrogen and oxygen atoms in total. The van der Waals surface area contributed by atoms with Gasteiger partial charge in [-0.05, 0) is 31.5 Å². The summed E-state index contributed by atoms with van der Waals surface area (Å²) in [6.45, 7) is 2.76. The zero-order valence-corrected chi connectivity index (χ0v) is 8.90. The van der Waals surface area contributed by atoms with E-state index in [9.17, 15) is 0 Å². The van der Waals surface area contributed by atoms with E-state index >= 15 is 0 Å². The molecule has 1 aromatic heterocycles. The van der Waals surface area contributed by atoms with E-state index in [1.54, 1.807) is 11.3 Å². The van der Waals surface area contributed by atoms with Crippen LogP contribution in [0.3, 0.4) is 0 Å². The quantitative estimate of drug-likeness (QED) is 0.677. The fourth-order valence-electron chi connectivity index (χ4n) is 1.08. The second kappa shape index (κ2) is 7.06. The highest BCUT2D eigenvalue weighted by Crippen LogP contribution is 2.08. The van der Waals surface area contributed by atoms with Gasteiger partial charge in [0.2, 0.25) is 0 Å². The summed E-state index contributed by atoms with van der Waals surface area (Å²) < 4.78 is 5.48. The van der Waals surface area contributed by atoms with Gasteiger partial charge in [0.1, 0.15) is 0 Å². The maximum Gasteiger partial charge on any atom is 0.0514 e. The molecule has 0 fully saturated rings. The number of hydrogen-bond acceptors (Lipinski definition) is 3. The molecule has 0 aliphatic rings. The van der Waals surface area contributed by atoms with Gasteiger partial charge in [-0.15, -0.1) is 11.3 Å². The Morgan fingerprint density at radius 1 is 1.46 bits per heavy atom. The topological polar surface area (TPSA) is 21.3 Å². The lowest BCUT2D eigenvalue weighted by atomic mass is 10.4. The van der Waals surface area contributed by atoms with Crippen molar-refractivity contribution in [1.29, 1.82) is 0 Å². The highest BCUT2D eigenvalue weighted by Gasteiger charge is 1.93. The highest BCUT2D eigenvalue weighted by molar-refractivity contribution is 7.09. The lowest BCUT2D eigenvalue weighted by molar-refractivity contribution is 0.135. The second-order valence-corrected chi connectivity index (χ2v) is 3.93. The minimum atomic E-state index is 0.851. The SMILES string of the molecule is CNCCCOCCc1cccs1. The van der Waals surface area contributed by atoms with Crippen molar-refractivity contribution in [3.05, 3.63) is 22.4 Å². The van der Waals surface area contributed by atoms with Gasteiger partial charge in [0.25, 0.3) is 0 Å². The van der Waals surface area contributed by atoms with Gasteiger partial charge in [-0.1, -0.05) is 6.07 Å². The van der Waals surface area contributed by atoms with Gasteiger partial charge >= 0.3 is 0 Å². The molecule has 1 aromatic rings. The largest absolute Gasteiger partial charge is 0.381 e. The first-order valence-corrected chi connectivity index (χ1v) is 5.56. The van der Waals surface area contributed by atoms with Crippen LogP contribution in [0.4, 0.5) is 0 Å². The summed E-state index contributed by atoms with van der Waals surface area (Å²) in [5, 5.41) is 5.20. The summed E-state index contributed by atoms with van der Waals surface area (Å²) in [6.07, 6.45) is 2.15. The van der Waals surface area contributed by atoms with Crippen LogP contribution in [0.15, 0.2) is 17.5 Å². The van der Waals surface area contributed by atoms with E-state index in [4.69, 9.17) is 4.74 Å². The lowest BCUT2D eigenvalue weighted by Crippen LogP contribution is -2.11. The molecule has 0 atom stereocenters. The molecule has 0 bridgehead atoms. The van der Waals surface area contributed by atoms with Gasteiger partial charge < -0.3 is 10.1 Å². The molecule has 0 saturated carbocycles. The van der Waals surface area contributed by atoms with Gasteiger partial charge in [-0.25, -0.2) is 0 Å². The molecular weight excluding hydrogens is 182 g/mol. The first-order chi connectivity index (χ1) is 6.43. The Balaban J connectivity index is 1.90. The van der Waals surface area contributed by atoms with Crippen LogP contribution < -0.4 is 5.32 Å². The Morgan fingerprint density at radius 2 is 2.38 bits per heavy atom. The average molecular weight is 199 g/mol. The minimum absolute atomic E-state index is 0.851. The summed E-state index contributed by atoms with van der Waals surface area (Å²) in [6, 6.07) is 4.24. The van der Waals surface area contributed by atoms with Crippen LogP contribution in [-0.4, -0.2) is 26.8 Å². The fraction of sp³-hybridized carbons (Fsp3) is 0.600. The molecule has 13 heavy (non-hydrogen) atoms. The van der Waals surface area contributed by atoms with Crippen LogP contribution in [0, 0.1) is 0 Å². The van der Waals surface area contributed by atoms with Crippen LogP contribution in [0.1, 0.15) is 11.3 Å². The number of thiophene rings is 1. The molecule has 0 aliphatic carbocycles. The summed E-state index contributed by atoms with van der Waals surface area (Å²) in [7, 11) is 1.96. The van der Waals surface area contributed by atoms with Gasteiger partial charge in [0, 0.05) is 17.9 Å². The molecule has 0 amide bonds. The summed E-state index contributed by atoms with van der Waals surface area (Å²) in [4.78, 5) is 1.41. The zero-order valence-electron chi connectivity index (χ0n) is 8.08. The van der Waals surface area contributed by atoms with Crippen molar-refractivity contribution in [3.8, 4) is 0 Å². The first-order valence-electron chi connectivity index (χ1n) is 4.68. The van der Waals surface area contributed by atoms with Gasteiger partial charge in [-0.2, -0.15) is 0 Å². The average Bonchev–Trinajstić information content (AvgIpc) is 2.63. The summed E-state index contributed by atoms with van der Waals surface area (Å²) in [5.74, 6) is 0. The molecule has 1 rings (SSSR count). The van der Waals surface area contributed by atoms with Crippen LogP contribution in [0.5, 0.6) is 0 Å². The summed E-state index contributed by atoms with van der Waals surface area (Å²) in [5.41, 5.74) is 0. The Kier molecular flexibility index (Phi) is 5.81. The van der Waals surface area contributed by atoms with Crippen molar-refractivity contribution < 1.29 is 4.74 Å². The van der Waals surface area contributed by atoms with E-state index in [1.807, 2.05) is 7.05 Å². The number of ether oxygens (including phenoxy) is 1. The van der Waals surface area contributed by atoms with E-state index in [0.717, 1.165) is 32.6 Å². The Labute approximate surface area is 83.9 Å². The molecule has 1 N–H and O–H groups in total. The number of nitrogens with one attached hydrogen (secondary N) is 1. The molecule has 0 unspecified atom stereocenters. The standard InChI is InChI=1S/C10H17NOS/c1-11-6-3-7-12-8-5-10-4-2-9-13-10/h2,4,9,11H,3,5-8H2,1H3. The molecule has 0 aliphatic heterocycles. The predicted molar refractivity (Wildman–Crippen MR) is 57.4 cm³/mol. The molecule has 3 heteroatoms. The van der Waals surface area contributed by atoms with Crippen LogP contribution in [-0.2, 0) is 11.2 Å². The monoisotopic (exact) mass is 199 g/mol.